The van der Waals surface area contributed by atoms with Crippen molar-refractivity contribution in [2.75, 3.05) is 33.9 Å². The van der Waals surface area contributed by atoms with E-state index in [4.69, 9.17) is 4.74 Å². The Kier molecular flexibility index (Phi) is 6.85. The molecule has 2 aromatic heterocycles. The third-order valence-corrected chi connectivity index (χ3v) is 4.30. The van der Waals surface area contributed by atoms with E-state index in [9.17, 15) is 0 Å². The summed E-state index contributed by atoms with van der Waals surface area (Å²) in [4.78, 5) is 11.2. The molecule has 1 unspecified atom stereocenters. The molecule has 24 heavy (non-hydrogen) atoms. The second kappa shape index (κ2) is 8.66. The normalized spacial score (nSPS) is 17.8. The van der Waals surface area contributed by atoms with Crippen LogP contribution < -0.4 is 5.32 Å². The summed E-state index contributed by atoms with van der Waals surface area (Å²) in [5.41, 5.74) is 3.18. The Bertz CT molecular complexity index is 693. The van der Waals surface area contributed by atoms with Gasteiger partial charge < -0.3 is 19.4 Å². The van der Waals surface area contributed by atoms with Crippen molar-refractivity contribution >= 4 is 35.6 Å². The number of nitrogens with one attached hydrogen (secondary N) is 1. The Morgan fingerprint density at radius 3 is 3.00 bits per heavy atom. The van der Waals surface area contributed by atoms with Crippen LogP contribution in [0, 0.1) is 12.8 Å². The van der Waals surface area contributed by atoms with Gasteiger partial charge in [-0.05, 0) is 25.5 Å². The number of guanidine groups is 1. The molecular formula is C17H26IN5O. The maximum Gasteiger partial charge on any atom is 0.193 e. The van der Waals surface area contributed by atoms with Gasteiger partial charge in [0.25, 0.3) is 0 Å². The van der Waals surface area contributed by atoms with E-state index in [-0.39, 0.29) is 24.0 Å². The Balaban J connectivity index is 0.00000208. The molecule has 0 amide bonds. The number of hydrogen-bond acceptors (Lipinski definition) is 3. The van der Waals surface area contributed by atoms with Crippen molar-refractivity contribution in [2.45, 2.75) is 19.9 Å². The van der Waals surface area contributed by atoms with Gasteiger partial charge in [-0.3, -0.25) is 4.99 Å². The molecule has 0 aliphatic carbocycles. The Labute approximate surface area is 160 Å². The van der Waals surface area contributed by atoms with Gasteiger partial charge >= 0.3 is 0 Å². The summed E-state index contributed by atoms with van der Waals surface area (Å²) in [6.07, 6.45) is 3.21. The minimum atomic E-state index is 0. The number of aryl methyl sites for hydroxylation is 1. The predicted octanol–water partition coefficient (Wildman–Crippen LogP) is 2.30. The van der Waals surface area contributed by atoms with Crippen molar-refractivity contribution in [3.05, 3.63) is 35.8 Å². The fourth-order valence-corrected chi connectivity index (χ4v) is 3.04. The van der Waals surface area contributed by atoms with Crippen molar-refractivity contribution in [2.24, 2.45) is 10.9 Å². The predicted molar refractivity (Wildman–Crippen MR) is 107 cm³/mol. The van der Waals surface area contributed by atoms with Gasteiger partial charge in [-0.2, -0.15) is 0 Å². The van der Waals surface area contributed by atoms with Gasteiger partial charge in [-0.1, -0.05) is 6.07 Å². The van der Waals surface area contributed by atoms with Crippen molar-refractivity contribution in [3.63, 3.8) is 0 Å². The first-order valence-corrected chi connectivity index (χ1v) is 8.10. The standard InChI is InChI=1S/C17H25N5O.HI/c1-13-5-4-6-16-20-15(11-22(13)16)9-19-17(18-2)21(3)10-14-7-8-23-12-14;/h4-6,11,14H,7-10,12H2,1-3H3,(H,18,19);1H. The smallest absolute Gasteiger partial charge is 0.193 e. The van der Waals surface area contributed by atoms with Gasteiger partial charge in [0.05, 0.1) is 18.8 Å². The van der Waals surface area contributed by atoms with Crippen molar-refractivity contribution in [1.82, 2.24) is 19.6 Å². The third-order valence-electron chi connectivity index (χ3n) is 4.30. The topological polar surface area (TPSA) is 54.2 Å². The molecule has 0 bridgehead atoms. The number of ether oxygens (including phenoxy) is 1. The molecule has 3 heterocycles. The first-order chi connectivity index (χ1) is 11.2. The molecule has 1 atom stereocenters. The number of halogens is 1. The molecule has 1 aliphatic heterocycles. The van der Waals surface area contributed by atoms with Crippen LogP contribution >= 0.6 is 24.0 Å². The fraction of sp³-hybridized carbons (Fsp3) is 0.529. The summed E-state index contributed by atoms with van der Waals surface area (Å²) >= 11 is 0. The highest BCUT2D eigenvalue weighted by Gasteiger charge is 2.19. The van der Waals surface area contributed by atoms with Crippen LogP contribution in [0.2, 0.25) is 0 Å². The number of fused-ring (bicyclic) bond motifs is 1. The lowest BCUT2D eigenvalue weighted by molar-refractivity contribution is 0.181. The van der Waals surface area contributed by atoms with Gasteiger partial charge in [-0.15, -0.1) is 24.0 Å². The molecule has 0 aromatic carbocycles. The van der Waals surface area contributed by atoms with Crippen LogP contribution in [0.3, 0.4) is 0 Å². The Hall–Kier alpha value is -1.35. The van der Waals surface area contributed by atoms with Crippen LogP contribution in [0.15, 0.2) is 29.4 Å². The number of imidazole rings is 1. The molecule has 7 heteroatoms. The van der Waals surface area contributed by atoms with Gasteiger partial charge in [0.2, 0.25) is 0 Å². The van der Waals surface area contributed by atoms with E-state index in [2.05, 4.69) is 50.8 Å². The van der Waals surface area contributed by atoms with E-state index in [0.717, 1.165) is 43.5 Å². The third kappa shape index (κ3) is 4.38. The summed E-state index contributed by atoms with van der Waals surface area (Å²) < 4.78 is 7.56. The number of pyridine rings is 1. The maximum atomic E-state index is 5.45. The molecule has 1 saturated heterocycles. The van der Waals surface area contributed by atoms with Gasteiger partial charge in [0.1, 0.15) is 5.65 Å². The summed E-state index contributed by atoms with van der Waals surface area (Å²) in [6, 6.07) is 6.14. The van der Waals surface area contributed by atoms with E-state index in [1.165, 1.54) is 5.69 Å². The zero-order valence-electron chi connectivity index (χ0n) is 14.5. The highest BCUT2D eigenvalue weighted by atomic mass is 127. The van der Waals surface area contributed by atoms with Crippen molar-refractivity contribution < 1.29 is 4.74 Å². The van der Waals surface area contributed by atoms with Crippen LogP contribution in [0.25, 0.3) is 5.65 Å². The van der Waals surface area contributed by atoms with Gasteiger partial charge in [0, 0.05) is 45.1 Å². The quantitative estimate of drug-likeness (QED) is 0.448. The average molecular weight is 443 g/mol. The lowest BCUT2D eigenvalue weighted by Gasteiger charge is -2.24. The van der Waals surface area contributed by atoms with Gasteiger partial charge in [0.15, 0.2) is 5.96 Å². The van der Waals surface area contributed by atoms with Gasteiger partial charge in [-0.25, -0.2) is 4.98 Å². The van der Waals surface area contributed by atoms with Crippen LogP contribution in [0.5, 0.6) is 0 Å². The zero-order chi connectivity index (χ0) is 16.2. The minimum Gasteiger partial charge on any atom is -0.381 e. The second-order valence-electron chi connectivity index (χ2n) is 6.14. The van der Waals surface area contributed by atoms with E-state index < -0.39 is 0 Å². The number of aromatic nitrogens is 2. The number of hydrogen-bond donors (Lipinski definition) is 1. The first kappa shape index (κ1) is 19.0. The molecule has 1 N–H and O–H groups in total. The highest BCUT2D eigenvalue weighted by molar-refractivity contribution is 14.0. The van der Waals surface area contributed by atoms with E-state index >= 15 is 0 Å². The number of rotatable bonds is 4. The number of aliphatic imine (C=N–C) groups is 1. The van der Waals surface area contributed by atoms with Crippen LogP contribution in [-0.4, -0.2) is 54.1 Å². The number of nitrogens with zero attached hydrogens (tertiary/aromatic N) is 4. The summed E-state index contributed by atoms with van der Waals surface area (Å²) in [7, 11) is 3.89. The molecule has 1 fully saturated rings. The molecule has 6 nitrogen and oxygen atoms in total. The molecular weight excluding hydrogens is 417 g/mol. The van der Waals surface area contributed by atoms with Crippen molar-refractivity contribution in [3.8, 4) is 0 Å². The first-order valence-electron chi connectivity index (χ1n) is 8.10. The highest BCUT2D eigenvalue weighted by Crippen LogP contribution is 2.13. The molecule has 0 radical (unpaired) electrons. The van der Waals surface area contributed by atoms with E-state index in [1.54, 1.807) is 0 Å². The summed E-state index contributed by atoms with van der Waals surface area (Å²) in [5.74, 6) is 1.49. The van der Waals surface area contributed by atoms with Crippen LogP contribution in [-0.2, 0) is 11.3 Å². The molecule has 132 valence electrons. The SMILES string of the molecule is CN=C(NCc1cn2c(C)cccc2n1)N(C)CC1CCOC1.I. The minimum absolute atomic E-state index is 0. The van der Waals surface area contributed by atoms with E-state index in [1.807, 2.05) is 19.2 Å². The lowest BCUT2D eigenvalue weighted by atomic mass is 10.1. The largest absolute Gasteiger partial charge is 0.381 e. The fourth-order valence-electron chi connectivity index (χ4n) is 3.04. The molecule has 0 saturated carbocycles. The Morgan fingerprint density at radius 1 is 1.50 bits per heavy atom. The molecule has 1 aliphatic rings. The molecule has 0 spiro atoms. The lowest BCUT2D eigenvalue weighted by Crippen LogP contribution is -2.41. The summed E-state index contributed by atoms with van der Waals surface area (Å²) in [6.45, 7) is 5.45. The Morgan fingerprint density at radius 2 is 2.33 bits per heavy atom. The molecule has 2 aromatic rings. The average Bonchev–Trinajstić information content (AvgIpc) is 3.18. The molecule has 3 rings (SSSR count). The summed E-state index contributed by atoms with van der Waals surface area (Å²) in [5, 5.41) is 3.40. The second-order valence-corrected chi connectivity index (χ2v) is 6.14. The van der Waals surface area contributed by atoms with Crippen LogP contribution in [0.4, 0.5) is 0 Å². The zero-order valence-corrected chi connectivity index (χ0v) is 16.9. The van der Waals surface area contributed by atoms with Crippen molar-refractivity contribution in [1.29, 1.82) is 0 Å². The monoisotopic (exact) mass is 443 g/mol. The van der Waals surface area contributed by atoms with Crippen LogP contribution in [0.1, 0.15) is 17.8 Å². The van der Waals surface area contributed by atoms with E-state index in [0.29, 0.717) is 12.5 Å². The maximum absolute atomic E-state index is 5.45.